The lowest BCUT2D eigenvalue weighted by molar-refractivity contribution is -0.134. The van der Waals surface area contributed by atoms with Crippen LogP contribution in [0.5, 0.6) is 17.2 Å². The van der Waals surface area contributed by atoms with Crippen LogP contribution in [0.2, 0.25) is 0 Å². The van der Waals surface area contributed by atoms with Gasteiger partial charge in [-0.2, -0.15) is 0 Å². The summed E-state index contributed by atoms with van der Waals surface area (Å²) < 4.78 is 16.4. The number of anilines is 1. The van der Waals surface area contributed by atoms with E-state index in [1.165, 1.54) is 7.11 Å². The first kappa shape index (κ1) is 25.4. The molecule has 5 rings (SSSR count). The molecule has 0 N–H and O–H groups in total. The van der Waals surface area contributed by atoms with Gasteiger partial charge in [0.2, 0.25) is 5.91 Å². The normalized spacial score (nSPS) is 19.2. The van der Waals surface area contributed by atoms with Gasteiger partial charge in [0, 0.05) is 44.5 Å². The predicted molar refractivity (Wildman–Crippen MR) is 145 cm³/mol. The van der Waals surface area contributed by atoms with E-state index in [2.05, 4.69) is 17.0 Å². The van der Waals surface area contributed by atoms with Gasteiger partial charge in [0.25, 0.3) is 5.91 Å². The summed E-state index contributed by atoms with van der Waals surface area (Å²) in [6.45, 7) is 2.67. The number of piperazine rings is 1. The molecule has 0 aliphatic carbocycles. The molecule has 8 nitrogen and oxygen atoms in total. The second kappa shape index (κ2) is 10.7. The topological polar surface area (TPSA) is 71.5 Å². The molecule has 0 radical (unpaired) electrons. The number of carbonyl (C=O) groups excluding carboxylic acids is 2. The molecule has 2 amide bonds. The fourth-order valence-corrected chi connectivity index (χ4v) is 5.55. The lowest BCUT2D eigenvalue weighted by atomic mass is 9.78. The first-order chi connectivity index (χ1) is 18.5. The van der Waals surface area contributed by atoms with Crippen LogP contribution in [0.25, 0.3) is 0 Å². The number of rotatable bonds is 6. The number of fused-ring (bicyclic) bond motifs is 1. The van der Waals surface area contributed by atoms with E-state index in [0.29, 0.717) is 41.5 Å². The summed E-state index contributed by atoms with van der Waals surface area (Å²) in [7, 11) is 6.46. The van der Waals surface area contributed by atoms with Gasteiger partial charge < -0.3 is 28.9 Å². The monoisotopic (exact) mass is 515 g/mol. The van der Waals surface area contributed by atoms with Gasteiger partial charge in [-0.05, 0) is 47.5 Å². The summed E-state index contributed by atoms with van der Waals surface area (Å²) in [5, 5.41) is 0. The van der Waals surface area contributed by atoms with Crippen LogP contribution >= 0.6 is 0 Å². The maximum absolute atomic E-state index is 14.3. The molecule has 2 aliphatic heterocycles. The summed E-state index contributed by atoms with van der Waals surface area (Å²) in [5.74, 6) is 0.878. The molecular weight excluding hydrogens is 482 g/mol. The Hall–Kier alpha value is -4.20. The molecule has 38 heavy (non-hydrogen) atoms. The molecule has 3 aromatic rings. The van der Waals surface area contributed by atoms with Gasteiger partial charge in [0.1, 0.15) is 5.75 Å². The summed E-state index contributed by atoms with van der Waals surface area (Å²) in [5.41, 5.74) is 3.13. The third-order valence-corrected chi connectivity index (χ3v) is 7.61. The predicted octanol–water partition coefficient (Wildman–Crippen LogP) is 3.97. The molecule has 198 valence electrons. The second-order valence-electron chi connectivity index (χ2n) is 9.55. The Kier molecular flexibility index (Phi) is 7.13. The van der Waals surface area contributed by atoms with Crippen molar-refractivity contribution in [1.29, 1.82) is 0 Å². The van der Waals surface area contributed by atoms with Crippen LogP contribution in [0.15, 0.2) is 66.7 Å². The number of para-hydroxylation sites is 1. The molecule has 1 saturated heterocycles. The lowest BCUT2D eigenvalue weighted by Crippen LogP contribution is -2.53. The summed E-state index contributed by atoms with van der Waals surface area (Å²) in [6.07, 6.45) is 0. The van der Waals surface area contributed by atoms with Crippen molar-refractivity contribution >= 4 is 17.5 Å². The zero-order valence-corrected chi connectivity index (χ0v) is 22.2. The van der Waals surface area contributed by atoms with Crippen LogP contribution in [0.4, 0.5) is 5.69 Å². The van der Waals surface area contributed by atoms with Crippen molar-refractivity contribution in [2.24, 2.45) is 0 Å². The first-order valence-corrected chi connectivity index (χ1v) is 12.7. The van der Waals surface area contributed by atoms with Gasteiger partial charge in [0.15, 0.2) is 11.5 Å². The molecule has 2 heterocycles. The van der Waals surface area contributed by atoms with Crippen LogP contribution in [-0.4, -0.2) is 76.2 Å². The quantitative estimate of drug-likeness (QED) is 0.495. The third-order valence-electron chi connectivity index (χ3n) is 7.61. The standard InChI is InChI=1S/C30H33N3O5/c1-31-28(20-10-12-22(36-2)13-11-20)27(23-18-25(37-3)26(38-4)19-24(23)29(31)34)30(35)33-16-14-32(15-17-33)21-8-6-5-7-9-21/h5-13,18-19,27-28H,14-17H2,1-4H3/t27-,28-/m0/s1. The number of methoxy groups -OCH3 is 3. The molecule has 8 heteroatoms. The second-order valence-corrected chi connectivity index (χ2v) is 9.55. The fraction of sp³-hybridized carbons (Fsp3) is 0.333. The minimum absolute atomic E-state index is 0.00801. The number of ether oxygens (including phenoxy) is 3. The lowest BCUT2D eigenvalue weighted by Gasteiger charge is -2.43. The summed E-state index contributed by atoms with van der Waals surface area (Å²) >= 11 is 0. The fourth-order valence-electron chi connectivity index (χ4n) is 5.55. The van der Waals surface area contributed by atoms with Crippen molar-refractivity contribution in [3.05, 3.63) is 83.4 Å². The Morgan fingerprint density at radius 3 is 2.05 bits per heavy atom. The minimum atomic E-state index is -0.607. The number of amides is 2. The van der Waals surface area contributed by atoms with E-state index in [4.69, 9.17) is 14.2 Å². The third kappa shape index (κ3) is 4.51. The highest BCUT2D eigenvalue weighted by Crippen LogP contribution is 2.46. The molecular formula is C30H33N3O5. The number of carbonyl (C=O) groups is 2. The van der Waals surface area contributed by atoms with Gasteiger partial charge >= 0.3 is 0 Å². The van der Waals surface area contributed by atoms with E-state index < -0.39 is 12.0 Å². The van der Waals surface area contributed by atoms with Gasteiger partial charge in [-0.25, -0.2) is 0 Å². The molecule has 0 spiro atoms. The van der Waals surface area contributed by atoms with Crippen molar-refractivity contribution in [2.45, 2.75) is 12.0 Å². The minimum Gasteiger partial charge on any atom is -0.497 e. The average molecular weight is 516 g/mol. The molecule has 2 aliphatic rings. The zero-order chi connectivity index (χ0) is 26.8. The molecule has 0 aromatic heterocycles. The molecule has 2 atom stereocenters. The molecule has 1 fully saturated rings. The largest absolute Gasteiger partial charge is 0.497 e. The van der Waals surface area contributed by atoms with E-state index in [9.17, 15) is 9.59 Å². The highest BCUT2D eigenvalue weighted by atomic mass is 16.5. The number of nitrogens with zero attached hydrogens (tertiary/aromatic N) is 3. The van der Waals surface area contributed by atoms with Crippen molar-refractivity contribution < 1.29 is 23.8 Å². The number of hydrogen-bond donors (Lipinski definition) is 0. The summed E-state index contributed by atoms with van der Waals surface area (Å²) in [4.78, 5) is 33.8. The van der Waals surface area contributed by atoms with E-state index >= 15 is 0 Å². The number of hydrogen-bond acceptors (Lipinski definition) is 6. The van der Waals surface area contributed by atoms with Crippen LogP contribution in [0.3, 0.4) is 0 Å². The number of benzene rings is 3. The highest BCUT2D eigenvalue weighted by molar-refractivity contribution is 6.02. The molecule has 0 saturated carbocycles. The molecule has 0 unspecified atom stereocenters. The zero-order valence-electron chi connectivity index (χ0n) is 22.2. The summed E-state index contributed by atoms with van der Waals surface area (Å²) in [6, 6.07) is 20.8. The van der Waals surface area contributed by atoms with Crippen LogP contribution in [0, 0.1) is 0 Å². The van der Waals surface area contributed by atoms with Crippen LogP contribution in [0.1, 0.15) is 33.4 Å². The van der Waals surface area contributed by atoms with Crippen molar-refractivity contribution in [3.63, 3.8) is 0 Å². The Bertz CT molecular complexity index is 1300. The van der Waals surface area contributed by atoms with Crippen molar-refractivity contribution in [3.8, 4) is 17.2 Å². The van der Waals surface area contributed by atoms with Gasteiger partial charge in [-0.3, -0.25) is 9.59 Å². The van der Waals surface area contributed by atoms with Crippen LogP contribution < -0.4 is 19.1 Å². The molecule has 0 bridgehead atoms. The Morgan fingerprint density at radius 2 is 1.45 bits per heavy atom. The van der Waals surface area contributed by atoms with Crippen molar-refractivity contribution in [1.82, 2.24) is 9.80 Å². The van der Waals surface area contributed by atoms with Gasteiger partial charge in [0.05, 0.1) is 33.3 Å². The van der Waals surface area contributed by atoms with Crippen LogP contribution in [-0.2, 0) is 4.79 Å². The SMILES string of the molecule is COc1ccc([C@H]2[C@@H](C(=O)N3CCN(c4ccccc4)CC3)c3cc(OC)c(OC)cc3C(=O)N2C)cc1. The highest BCUT2D eigenvalue weighted by Gasteiger charge is 2.45. The van der Waals surface area contributed by atoms with Gasteiger partial charge in [-0.1, -0.05) is 30.3 Å². The average Bonchev–Trinajstić information content (AvgIpc) is 2.98. The van der Waals surface area contributed by atoms with Gasteiger partial charge in [-0.15, -0.1) is 0 Å². The maximum Gasteiger partial charge on any atom is 0.254 e. The smallest absolute Gasteiger partial charge is 0.254 e. The Morgan fingerprint density at radius 1 is 0.816 bits per heavy atom. The van der Waals surface area contributed by atoms with Crippen molar-refractivity contribution in [2.75, 3.05) is 59.5 Å². The molecule has 3 aromatic carbocycles. The Labute approximate surface area is 223 Å². The van der Waals surface area contributed by atoms with E-state index in [0.717, 1.165) is 24.3 Å². The first-order valence-electron chi connectivity index (χ1n) is 12.7. The van der Waals surface area contributed by atoms with E-state index in [1.54, 1.807) is 38.3 Å². The maximum atomic E-state index is 14.3. The van der Waals surface area contributed by atoms with E-state index in [1.807, 2.05) is 47.4 Å². The number of likely N-dealkylation sites (N-methyl/N-ethyl adjacent to an activating group) is 1. The Balaban J connectivity index is 1.54. The van der Waals surface area contributed by atoms with E-state index in [-0.39, 0.29) is 11.8 Å².